The van der Waals surface area contributed by atoms with Gasteiger partial charge in [0.15, 0.2) is 5.82 Å². The molecule has 28 heavy (non-hydrogen) atoms. The first kappa shape index (κ1) is 19.9. The van der Waals surface area contributed by atoms with Gasteiger partial charge < -0.3 is 10.1 Å². The SMILES string of the molecule is COC(=O)c1sccc1S(=O)(=O)NCCNc1cc(-n2cccn2)nc(C)n1. The van der Waals surface area contributed by atoms with Crippen molar-refractivity contribution in [3.63, 3.8) is 0 Å². The van der Waals surface area contributed by atoms with E-state index in [1.54, 1.807) is 36.1 Å². The van der Waals surface area contributed by atoms with Gasteiger partial charge in [-0.2, -0.15) is 5.10 Å². The molecular weight excluding hydrogens is 404 g/mol. The first-order valence-corrected chi connectivity index (χ1v) is 10.5. The van der Waals surface area contributed by atoms with E-state index in [0.717, 1.165) is 11.3 Å². The van der Waals surface area contributed by atoms with E-state index in [2.05, 4.69) is 29.8 Å². The Kier molecular flexibility index (Phi) is 6.02. The molecule has 12 heteroatoms. The molecule has 0 saturated heterocycles. The molecule has 148 valence electrons. The maximum absolute atomic E-state index is 12.4. The van der Waals surface area contributed by atoms with Crippen LogP contribution in [0.25, 0.3) is 5.82 Å². The number of methoxy groups -OCH3 is 1. The van der Waals surface area contributed by atoms with E-state index < -0.39 is 16.0 Å². The maximum Gasteiger partial charge on any atom is 0.349 e. The standard InChI is InChI=1S/C16H18N6O4S2/c1-11-20-13(10-14(21-11)22-8-3-5-18-22)17-6-7-19-28(24,25)12-4-9-27-15(12)16(23)26-2/h3-5,8-10,19H,6-7H2,1-2H3,(H,17,20,21). The Balaban J connectivity index is 1.62. The van der Waals surface area contributed by atoms with E-state index in [4.69, 9.17) is 0 Å². The van der Waals surface area contributed by atoms with Gasteiger partial charge in [0, 0.05) is 31.5 Å². The highest BCUT2D eigenvalue weighted by Gasteiger charge is 2.24. The molecule has 0 unspecified atom stereocenters. The fourth-order valence-corrected chi connectivity index (χ4v) is 4.73. The van der Waals surface area contributed by atoms with Gasteiger partial charge in [0.05, 0.1) is 7.11 Å². The van der Waals surface area contributed by atoms with Gasteiger partial charge in [0.25, 0.3) is 0 Å². The third-order valence-electron chi connectivity index (χ3n) is 3.58. The predicted octanol–water partition coefficient (Wildman–Crippen LogP) is 1.21. The minimum atomic E-state index is -3.84. The molecule has 0 bridgehead atoms. The highest BCUT2D eigenvalue weighted by Crippen LogP contribution is 2.22. The van der Waals surface area contributed by atoms with Crippen LogP contribution in [-0.2, 0) is 14.8 Å². The summed E-state index contributed by atoms with van der Waals surface area (Å²) in [6, 6.07) is 4.87. The van der Waals surface area contributed by atoms with Crippen molar-refractivity contribution in [3.05, 3.63) is 46.7 Å². The summed E-state index contributed by atoms with van der Waals surface area (Å²) in [5.41, 5.74) is 0. The topological polar surface area (TPSA) is 128 Å². The first-order chi connectivity index (χ1) is 13.4. The smallest absolute Gasteiger partial charge is 0.349 e. The number of hydrogen-bond acceptors (Lipinski definition) is 9. The third-order valence-corrected chi connectivity index (χ3v) is 6.10. The average Bonchev–Trinajstić information content (AvgIpc) is 3.36. The number of ether oxygens (including phenoxy) is 1. The van der Waals surface area contributed by atoms with Crippen molar-refractivity contribution in [3.8, 4) is 5.82 Å². The summed E-state index contributed by atoms with van der Waals surface area (Å²) in [6.07, 6.45) is 3.41. The van der Waals surface area contributed by atoms with Crippen LogP contribution >= 0.6 is 11.3 Å². The quantitative estimate of drug-likeness (QED) is 0.409. The Hall–Kier alpha value is -2.83. The van der Waals surface area contributed by atoms with Gasteiger partial charge in [0.1, 0.15) is 21.4 Å². The number of rotatable bonds is 8. The summed E-state index contributed by atoms with van der Waals surface area (Å²) in [5, 5.41) is 8.70. The van der Waals surface area contributed by atoms with Gasteiger partial charge in [0.2, 0.25) is 10.0 Å². The van der Waals surface area contributed by atoms with Crippen LogP contribution in [0.2, 0.25) is 0 Å². The molecule has 0 aliphatic carbocycles. The normalized spacial score (nSPS) is 11.4. The van der Waals surface area contributed by atoms with Gasteiger partial charge >= 0.3 is 5.97 Å². The minimum absolute atomic E-state index is 0.0400. The molecular formula is C16H18N6O4S2. The molecule has 0 aromatic carbocycles. The monoisotopic (exact) mass is 422 g/mol. The van der Waals surface area contributed by atoms with Gasteiger partial charge in [-0.05, 0) is 24.4 Å². The number of carbonyl (C=O) groups excluding carboxylic acids is 1. The van der Waals surface area contributed by atoms with Gasteiger partial charge in [-0.3, -0.25) is 0 Å². The molecule has 0 atom stereocenters. The Morgan fingerprint density at radius 2 is 2.14 bits per heavy atom. The second kappa shape index (κ2) is 8.46. The summed E-state index contributed by atoms with van der Waals surface area (Å²) in [7, 11) is -2.63. The van der Waals surface area contributed by atoms with Crippen molar-refractivity contribution < 1.29 is 17.9 Å². The summed E-state index contributed by atoms with van der Waals surface area (Å²) in [5.74, 6) is 1.01. The number of aryl methyl sites for hydroxylation is 1. The van der Waals surface area contributed by atoms with Crippen LogP contribution in [-0.4, -0.2) is 54.3 Å². The molecule has 2 N–H and O–H groups in total. The van der Waals surface area contributed by atoms with Crippen LogP contribution in [0.4, 0.5) is 5.82 Å². The van der Waals surface area contributed by atoms with Crippen molar-refractivity contribution in [2.24, 2.45) is 0 Å². The minimum Gasteiger partial charge on any atom is -0.465 e. The molecule has 3 heterocycles. The van der Waals surface area contributed by atoms with Crippen molar-refractivity contribution in [1.82, 2.24) is 24.5 Å². The lowest BCUT2D eigenvalue weighted by atomic mass is 10.4. The Bertz CT molecular complexity index is 1060. The zero-order valence-electron chi connectivity index (χ0n) is 15.1. The molecule has 10 nitrogen and oxygen atoms in total. The second-order valence-electron chi connectivity index (χ2n) is 5.54. The Morgan fingerprint density at radius 1 is 1.32 bits per heavy atom. The molecule has 0 aliphatic heterocycles. The molecule has 0 amide bonds. The molecule has 3 aromatic rings. The molecule has 0 aliphatic rings. The molecule has 0 saturated carbocycles. The highest BCUT2D eigenvalue weighted by atomic mass is 32.2. The maximum atomic E-state index is 12.4. The van der Waals surface area contributed by atoms with E-state index in [0.29, 0.717) is 17.5 Å². The van der Waals surface area contributed by atoms with E-state index in [-0.39, 0.29) is 22.9 Å². The van der Waals surface area contributed by atoms with E-state index >= 15 is 0 Å². The van der Waals surface area contributed by atoms with Crippen LogP contribution in [0.1, 0.15) is 15.5 Å². The molecule has 3 aromatic heterocycles. The number of anilines is 1. The summed E-state index contributed by atoms with van der Waals surface area (Å²) < 4.78 is 33.5. The number of thiophene rings is 1. The molecule has 0 spiro atoms. The third kappa shape index (κ3) is 4.52. The number of esters is 1. The zero-order valence-corrected chi connectivity index (χ0v) is 16.7. The number of carbonyl (C=O) groups is 1. The zero-order chi connectivity index (χ0) is 20.1. The lowest BCUT2D eigenvalue weighted by molar-refractivity contribution is 0.0602. The summed E-state index contributed by atoms with van der Waals surface area (Å²) >= 11 is 1.01. The fraction of sp³-hybridized carbons (Fsp3) is 0.250. The lowest BCUT2D eigenvalue weighted by Gasteiger charge is -2.10. The van der Waals surface area contributed by atoms with Crippen molar-refractivity contribution in [2.45, 2.75) is 11.8 Å². The highest BCUT2D eigenvalue weighted by molar-refractivity contribution is 7.89. The fourth-order valence-electron chi connectivity index (χ4n) is 2.37. The van der Waals surface area contributed by atoms with Crippen LogP contribution in [0, 0.1) is 6.92 Å². The molecule has 0 fully saturated rings. The van der Waals surface area contributed by atoms with Gasteiger partial charge in [-0.25, -0.2) is 32.6 Å². The predicted molar refractivity (Wildman–Crippen MR) is 103 cm³/mol. The Labute approximate surface area is 165 Å². The second-order valence-corrected chi connectivity index (χ2v) is 8.19. The molecule has 0 radical (unpaired) electrons. The van der Waals surface area contributed by atoms with E-state index in [9.17, 15) is 13.2 Å². The molecule has 3 rings (SSSR count). The van der Waals surface area contributed by atoms with E-state index in [1.165, 1.54) is 18.6 Å². The largest absolute Gasteiger partial charge is 0.465 e. The average molecular weight is 422 g/mol. The van der Waals surface area contributed by atoms with Gasteiger partial charge in [-0.1, -0.05) is 0 Å². The van der Waals surface area contributed by atoms with E-state index in [1.807, 2.05) is 0 Å². The number of hydrogen-bond donors (Lipinski definition) is 2. The number of sulfonamides is 1. The number of nitrogens with one attached hydrogen (secondary N) is 2. The van der Waals surface area contributed by atoms with Crippen LogP contribution in [0.15, 0.2) is 40.9 Å². The Morgan fingerprint density at radius 3 is 2.86 bits per heavy atom. The van der Waals surface area contributed by atoms with Crippen LogP contribution in [0.3, 0.4) is 0 Å². The van der Waals surface area contributed by atoms with Crippen molar-refractivity contribution in [1.29, 1.82) is 0 Å². The van der Waals surface area contributed by atoms with Crippen LogP contribution in [0.5, 0.6) is 0 Å². The van der Waals surface area contributed by atoms with Crippen molar-refractivity contribution in [2.75, 3.05) is 25.5 Å². The van der Waals surface area contributed by atoms with Crippen molar-refractivity contribution >= 4 is 33.1 Å². The summed E-state index contributed by atoms with van der Waals surface area (Å²) in [4.78, 5) is 20.2. The van der Waals surface area contributed by atoms with Crippen LogP contribution < -0.4 is 10.0 Å². The lowest BCUT2D eigenvalue weighted by Crippen LogP contribution is -2.29. The number of aromatic nitrogens is 4. The number of nitrogens with zero attached hydrogens (tertiary/aromatic N) is 4. The van der Waals surface area contributed by atoms with Gasteiger partial charge in [-0.15, -0.1) is 11.3 Å². The first-order valence-electron chi connectivity index (χ1n) is 8.16. The summed E-state index contributed by atoms with van der Waals surface area (Å²) in [6.45, 7) is 2.14.